The van der Waals surface area contributed by atoms with Crippen LogP contribution in [-0.4, -0.2) is 33.3 Å². The Morgan fingerprint density at radius 3 is 2.35 bits per heavy atom. The fourth-order valence-electron chi connectivity index (χ4n) is 2.45. The van der Waals surface area contributed by atoms with Crippen molar-refractivity contribution in [1.82, 2.24) is 5.32 Å². The van der Waals surface area contributed by atoms with E-state index >= 15 is 0 Å². The largest absolute Gasteiger partial charge is 0.497 e. The fraction of sp³-hybridized carbons (Fsp3) is 0.350. The molecule has 140 valence electrons. The average molecular weight is 359 g/mol. The van der Waals surface area contributed by atoms with Crippen molar-refractivity contribution in [1.29, 1.82) is 0 Å². The number of amides is 1. The number of carbonyl (C=O) groups is 1. The molecule has 1 N–H and O–H groups in total. The maximum Gasteiger partial charge on any atom is 0.261 e. The second-order valence-electron chi connectivity index (χ2n) is 5.60. The highest BCUT2D eigenvalue weighted by Crippen LogP contribution is 2.27. The highest BCUT2D eigenvalue weighted by Gasteiger charge is 2.18. The normalized spacial score (nSPS) is 11.4. The maximum absolute atomic E-state index is 12.5. The molecule has 0 fully saturated rings. The number of rotatable bonds is 9. The predicted molar refractivity (Wildman–Crippen MR) is 99.1 cm³/mol. The highest BCUT2D eigenvalue weighted by molar-refractivity contribution is 5.81. The highest BCUT2D eigenvalue weighted by atomic mass is 16.5. The second kappa shape index (κ2) is 9.56. The van der Waals surface area contributed by atoms with Crippen molar-refractivity contribution >= 4 is 5.91 Å². The molecule has 1 atom stereocenters. The van der Waals surface area contributed by atoms with E-state index < -0.39 is 6.10 Å². The van der Waals surface area contributed by atoms with E-state index in [-0.39, 0.29) is 5.91 Å². The van der Waals surface area contributed by atoms with Gasteiger partial charge in [0, 0.05) is 12.6 Å². The lowest BCUT2D eigenvalue weighted by molar-refractivity contribution is -0.128. The van der Waals surface area contributed by atoms with Gasteiger partial charge >= 0.3 is 0 Å². The Morgan fingerprint density at radius 1 is 0.962 bits per heavy atom. The van der Waals surface area contributed by atoms with Crippen molar-refractivity contribution in [3.05, 3.63) is 48.0 Å². The van der Waals surface area contributed by atoms with Crippen LogP contribution in [0.3, 0.4) is 0 Å². The number of methoxy groups -OCH3 is 3. The first-order valence-electron chi connectivity index (χ1n) is 8.40. The molecule has 0 unspecified atom stereocenters. The van der Waals surface area contributed by atoms with E-state index in [4.69, 9.17) is 18.9 Å². The molecular formula is C20H25NO5. The molecule has 26 heavy (non-hydrogen) atoms. The minimum absolute atomic E-state index is 0.176. The molecule has 6 nitrogen and oxygen atoms in total. The summed E-state index contributed by atoms with van der Waals surface area (Å²) in [6.07, 6.45) is -0.0307. The quantitative estimate of drug-likeness (QED) is 0.745. The van der Waals surface area contributed by atoms with Crippen LogP contribution in [0.25, 0.3) is 0 Å². The topological polar surface area (TPSA) is 66.0 Å². The van der Waals surface area contributed by atoms with Crippen molar-refractivity contribution in [2.75, 3.05) is 21.3 Å². The number of ether oxygens (including phenoxy) is 4. The van der Waals surface area contributed by atoms with Gasteiger partial charge in [0.2, 0.25) is 0 Å². The fourth-order valence-corrected chi connectivity index (χ4v) is 2.45. The third-order valence-electron chi connectivity index (χ3n) is 3.90. The molecule has 0 aromatic heterocycles. The number of carbonyl (C=O) groups excluding carboxylic acids is 1. The first-order valence-corrected chi connectivity index (χ1v) is 8.40. The van der Waals surface area contributed by atoms with E-state index in [1.807, 2.05) is 37.3 Å². The second-order valence-corrected chi connectivity index (χ2v) is 5.60. The van der Waals surface area contributed by atoms with Crippen molar-refractivity contribution in [3.8, 4) is 23.0 Å². The summed E-state index contributed by atoms with van der Waals surface area (Å²) in [7, 11) is 4.75. The van der Waals surface area contributed by atoms with Gasteiger partial charge in [0.15, 0.2) is 17.6 Å². The summed E-state index contributed by atoms with van der Waals surface area (Å²) >= 11 is 0. The van der Waals surface area contributed by atoms with Gasteiger partial charge in [-0.05, 0) is 36.2 Å². The van der Waals surface area contributed by atoms with E-state index in [0.29, 0.717) is 36.0 Å². The predicted octanol–water partition coefficient (Wildman–Crippen LogP) is 3.19. The van der Waals surface area contributed by atoms with Crippen LogP contribution in [0.4, 0.5) is 0 Å². The SMILES string of the molecule is CC[C@@H](Oc1cccc(OC)c1)C(=O)NCc1ccc(OC)c(OC)c1. The van der Waals surface area contributed by atoms with Gasteiger partial charge in [0.25, 0.3) is 5.91 Å². The van der Waals surface area contributed by atoms with Crippen LogP contribution < -0.4 is 24.3 Å². The van der Waals surface area contributed by atoms with Gasteiger partial charge in [-0.1, -0.05) is 19.1 Å². The first-order chi connectivity index (χ1) is 12.6. The van der Waals surface area contributed by atoms with E-state index in [0.717, 1.165) is 5.56 Å². The Bertz CT molecular complexity index is 732. The van der Waals surface area contributed by atoms with Crippen LogP contribution in [0.5, 0.6) is 23.0 Å². The Labute approximate surface area is 154 Å². The molecular weight excluding hydrogens is 334 g/mol. The minimum atomic E-state index is -0.581. The van der Waals surface area contributed by atoms with Crippen LogP contribution in [0, 0.1) is 0 Å². The van der Waals surface area contributed by atoms with Crippen LogP contribution in [-0.2, 0) is 11.3 Å². The molecule has 2 rings (SSSR count). The minimum Gasteiger partial charge on any atom is -0.497 e. The standard InChI is InChI=1S/C20H25NO5/c1-5-17(26-16-8-6-7-15(12-16)23-2)20(22)21-13-14-9-10-18(24-3)19(11-14)25-4/h6-12,17H,5,13H2,1-4H3,(H,21,22)/t17-/m1/s1. The number of nitrogens with one attached hydrogen (secondary N) is 1. The Balaban J connectivity index is 1.98. The molecule has 2 aromatic carbocycles. The van der Waals surface area contributed by atoms with Crippen molar-refractivity contribution < 1.29 is 23.7 Å². The molecule has 0 aliphatic rings. The lowest BCUT2D eigenvalue weighted by Gasteiger charge is -2.18. The average Bonchev–Trinajstić information content (AvgIpc) is 2.69. The van der Waals surface area contributed by atoms with Crippen LogP contribution in [0.1, 0.15) is 18.9 Å². The van der Waals surface area contributed by atoms with Crippen molar-refractivity contribution in [3.63, 3.8) is 0 Å². The van der Waals surface area contributed by atoms with Gasteiger partial charge < -0.3 is 24.3 Å². The van der Waals surface area contributed by atoms with Gasteiger partial charge in [0.05, 0.1) is 21.3 Å². The summed E-state index contributed by atoms with van der Waals surface area (Å²) < 4.78 is 21.5. The first kappa shape index (κ1) is 19.4. The third kappa shape index (κ3) is 5.05. The lowest BCUT2D eigenvalue weighted by atomic mass is 10.2. The molecule has 0 radical (unpaired) electrons. The summed E-state index contributed by atoms with van der Waals surface area (Å²) in [4.78, 5) is 12.5. The molecule has 0 saturated heterocycles. The zero-order chi connectivity index (χ0) is 18.9. The molecule has 0 heterocycles. The molecule has 0 aliphatic carbocycles. The van der Waals surface area contributed by atoms with Crippen LogP contribution >= 0.6 is 0 Å². The lowest BCUT2D eigenvalue weighted by Crippen LogP contribution is -2.37. The van der Waals surface area contributed by atoms with Crippen LogP contribution in [0.2, 0.25) is 0 Å². The molecule has 0 bridgehead atoms. The van der Waals surface area contributed by atoms with E-state index in [1.54, 1.807) is 33.5 Å². The van der Waals surface area contributed by atoms with Crippen molar-refractivity contribution in [2.24, 2.45) is 0 Å². The molecule has 0 saturated carbocycles. The Hall–Kier alpha value is -2.89. The van der Waals surface area contributed by atoms with Gasteiger partial charge in [0.1, 0.15) is 11.5 Å². The summed E-state index contributed by atoms with van der Waals surface area (Å²) in [6, 6.07) is 12.7. The van der Waals surface area contributed by atoms with E-state index in [9.17, 15) is 4.79 Å². The molecule has 0 aliphatic heterocycles. The number of hydrogen-bond donors (Lipinski definition) is 1. The molecule has 1 amide bonds. The molecule has 2 aromatic rings. The van der Waals surface area contributed by atoms with Gasteiger partial charge in [-0.2, -0.15) is 0 Å². The van der Waals surface area contributed by atoms with E-state index in [2.05, 4.69) is 5.32 Å². The van der Waals surface area contributed by atoms with Gasteiger partial charge in [-0.25, -0.2) is 0 Å². The van der Waals surface area contributed by atoms with Gasteiger partial charge in [-0.3, -0.25) is 4.79 Å². The monoisotopic (exact) mass is 359 g/mol. The van der Waals surface area contributed by atoms with E-state index in [1.165, 1.54) is 0 Å². The number of hydrogen-bond acceptors (Lipinski definition) is 5. The zero-order valence-corrected chi connectivity index (χ0v) is 15.6. The smallest absolute Gasteiger partial charge is 0.261 e. The summed E-state index contributed by atoms with van der Waals surface area (Å²) in [5.74, 6) is 2.37. The van der Waals surface area contributed by atoms with Gasteiger partial charge in [-0.15, -0.1) is 0 Å². The summed E-state index contributed by atoms with van der Waals surface area (Å²) in [5.41, 5.74) is 0.909. The number of benzene rings is 2. The maximum atomic E-state index is 12.5. The summed E-state index contributed by atoms with van der Waals surface area (Å²) in [6.45, 7) is 2.28. The Morgan fingerprint density at radius 2 is 1.69 bits per heavy atom. The van der Waals surface area contributed by atoms with Crippen LogP contribution in [0.15, 0.2) is 42.5 Å². The zero-order valence-electron chi connectivity index (χ0n) is 15.6. The molecule has 6 heteroatoms. The van der Waals surface area contributed by atoms with Crippen molar-refractivity contribution in [2.45, 2.75) is 26.0 Å². The summed E-state index contributed by atoms with van der Waals surface area (Å²) in [5, 5.41) is 2.90. The third-order valence-corrected chi connectivity index (χ3v) is 3.90. The molecule has 0 spiro atoms. The Kier molecular flexibility index (Phi) is 7.14.